The molecule has 0 aliphatic rings. The molecular weight excluding hydrogens is 258 g/mol. The van der Waals surface area contributed by atoms with Gasteiger partial charge in [0.2, 0.25) is 0 Å². The van der Waals surface area contributed by atoms with Crippen molar-refractivity contribution in [3.63, 3.8) is 0 Å². The largest absolute Gasteiger partial charge is 0.350 e. The van der Waals surface area contributed by atoms with Crippen LogP contribution in [0.3, 0.4) is 0 Å². The zero-order valence-corrected chi connectivity index (χ0v) is 13.3. The van der Waals surface area contributed by atoms with Crippen LogP contribution in [0.4, 0.5) is 0 Å². The number of amides is 1. The number of nitrogens with one attached hydrogen (secondary N) is 1. The number of thiazole rings is 1. The molecule has 1 heterocycles. The molecule has 1 rings (SSSR count). The van der Waals surface area contributed by atoms with Crippen LogP contribution >= 0.6 is 11.3 Å². The summed E-state index contributed by atoms with van der Waals surface area (Å²) in [5, 5.41) is 5.55. The standard InChI is InChI=1S/C14H25N3OS/c1-8(2)11(9(3)4)6-16-13(18)12-7-19-14(17-12)10(5)15/h7-11H,6,15H2,1-5H3,(H,16,18). The molecule has 0 saturated carbocycles. The lowest BCUT2D eigenvalue weighted by atomic mass is 9.85. The van der Waals surface area contributed by atoms with Gasteiger partial charge in [0, 0.05) is 11.9 Å². The van der Waals surface area contributed by atoms with E-state index in [1.54, 1.807) is 5.38 Å². The number of hydrogen-bond donors (Lipinski definition) is 2. The molecule has 0 spiro atoms. The maximum atomic E-state index is 12.0. The van der Waals surface area contributed by atoms with E-state index >= 15 is 0 Å². The third-order valence-corrected chi connectivity index (χ3v) is 4.40. The molecule has 1 amide bonds. The van der Waals surface area contributed by atoms with Gasteiger partial charge in [0.15, 0.2) is 0 Å². The SMILES string of the molecule is CC(N)c1nc(C(=O)NCC(C(C)C)C(C)C)cs1. The molecular formula is C14H25N3OS. The van der Waals surface area contributed by atoms with Gasteiger partial charge in [-0.05, 0) is 24.7 Å². The Morgan fingerprint density at radius 3 is 2.32 bits per heavy atom. The van der Waals surface area contributed by atoms with Crippen LogP contribution in [0.2, 0.25) is 0 Å². The van der Waals surface area contributed by atoms with E-state index in [0.29, 0.717) is 30.0 Å². The van der Waals surface area contributed by atoms with Gasteiger partial charge in [-0.2, -0.15) is 0 Å². The lowest BCUT2D eigenvalue weighted by molar-refractivity contribution is 0.0932. The van der Waals surface area contributed by atoms with Crippen LogP contribution in [0.5, 0.6) is 0 Å². The fraction of sp³-hybridized carbons (Fsp3) is 0.714. The Hall–Kier alpha value is -0.940. The van der Waals surface area contributed by atoms with E-state index in [1.807, 2.05) is 6.92 Å². The number of carbonyl (C=O) groups excluding carboxylic acids is 1. The maximum absolute atomic E-state index is 12.0. The van der Waals surface area contributed by atoms with Crippen molar-refractivity contribution >= 4 is 17.2 Å². The monoisotopic (exact) mass is 283 g/mol. The zero-order valence-electron chi connectivity index (χ0n) is 12.4. The first kappa shape index (κ1) is 16.1. The molecule has 0 bridgehead atoms. The van der Waals surface area contributed by atoms with Crippen molar-refractivity contribution in [3.8, 4) is 0 Å². The summed E-state index contributed by atoms with van der Waals surface area (Å²) in [6, 6.07) is -0.120. The molecule has 1 atom stereocenters. The minimum absolute atomic E-state index is 0.102. The Morgan fingerprint density at radius 2 is 1.89 bits per heavy atom. The van der Waals surface area contributed by atoms with Gasteiger partial charge in [-0.3, -0.25) is 4.79 Å². The smallest absolute Gasteiger partial charge is 0.270 e. The summed E-state index contributed by atoms with van der Waals surface area (Å²) in [7, 11) is 0. The van der Waals surface area contributed by atoms with Crippen LogP contribution in [0.25, 0.3) is 0 Å². The molecule has 1 aromatic heterocycles. The third-order valence-electron chi connectivity index (χ3n) is 3.36. The average Bonchev–Trinajstić information content (AvgIpc) is 2.77. The number of nitrogens with zero attached hydrogens (tertiary/aromatic N) is 1. The molecule has 1 unspecified atom stereocenters. The quantitative estimate of drug-likeness (QED) is 0.843. The van der Waals surface area contributed by atoms with E-state index in [4.69, 9.17) is 5.73 Å². The molecule has 3 N–H and O–H groups in total. The highest BCUT2D eigenvalue weighted by molar-refractivity contribution is 7.09. The van der Waals surface area contributed by atoms with E-state index < -0.39 is 0 Å². The zero-order chi connectivity index (χ0) is 14.6. The normalized spacial score (nSPS) is 13.3. The van der Waals surface area contributed by atoms with Gasteiger partial charge in [-0.25, -0.2) is 4.98 Å². The minimum atomic E-state index is -0.120. The molecule has 0 aromatic carbocycles. The van der Waals surface area contributed by atoms with E-state index in [0.717, 1.165) is 5.01 Å². The van der Waals surface area contributed by atoms with E-state index in [9.17, 15) is 4.79 Å². The Kier molecular flexibility index (Phi) is 5.94. The molecule has 1 aromatic rings. The molecule has 0 radical (unpaired) electrons. The summed E-state index contributed by atoms with van der Waals surface area (Å²) in [5.41, 5.74) is 6.22. The molecule has 108 valence electrons. The Bertz CT molecular complexity index is 405. The van der Waals surface area contributed by atoms with Crippen LogP contribution in [-0.4, -0.2) is 17.4 Å². The van der Waals surface area contributed by atoms with Gasteiger partial charge >= 0.3 is 0 Å². The van der Waals surface area contributed by atoms with Gasteiger partial charge in [-0.15, -0.1) is 11.3 Å². The van der Waals surface area contributed by atoms with E-state index in [-0.39, 0.29) is 11.9 Å². The number of carbonyl (C=O) groups is 1. The maximum Gasteiger partial charge on any atom is 0.270 e. The molecule has 0 aliphatic carbocycles. The molecule has 0 fully saturated rings. The highest BCUT2D eigenvalue weighted by Crippen LogP contribution is 2.20. The summed E-state index contributed by atoms with van der Waals surface area (Å²) in [6.07, 6.45) is 0. The number of nitrogens with two attached hydrogens (primary N) is 1. The topological polar surface area (TPSA) is 68.0 Å². The molecule has 0 aliphatic heterocycles. The number of aromatic nitrogens is 1. The van der Waals surface area contributed by atoms with Gasteiger partial charge in [-0.1, -0.05) is 27.7 Å². The van der Waals surface area contributed by atoms with Crippen molar-refractivity contribution in [1.29, 1.82) is 0 Å². The number of hydrogen-bond acceptors (Lipinski definition) is 4. The predicted molar refractivity (Wildman–Crippen MR) is 80.2 cm³/mol. The first-order valence-corrected chi connectivity index (χ1v) is 7.70. The molecule has 4 nitrogen and oxygen atoms in total. The Balaban J connectivity index is 2.59. The van der Waals surface area contributed by atoms with Crippen molar-refractivity contribution in [2.45, 2.75) is 40.7 Å². The van der Waals surface area contributed by atoms with Crippen molar-refractivity contribution in [3.05, 3.63) is 16.1 Å². The van der Waals surface area contributed by atoms with Crippen molar-refractivity contribution in [2.24, 2.45) is 23.5 Å². The fourth-order valence-corrected chi connectivity index (χ4v) is 2.90. The molecule has 0 saturated heterocycles. The van der Waals surface area contributed by atoms with Crippen LogP contribution in [0, 0.1) is 17.8 Å². The summed E-state index contributed by atoms with van der Waals surface area (Å²) in [4.78, 5) is 16.3. The van der Waals surface area contributed by atoms with Crippen molar-refractivity contribution in [1.82, 2.24) is 10.3 Å². The second kappa shape index (κ2) is 7.01. The van der Waals surface area contributed by atoms with E-state index in [2.05, 4.69) is 38.0 Å². The van der Waals surface area contributed by atoms with Crippen molar-refractivity contribution < 1.29 is 4.79 Å². The van der Waals surface area contributed by atoms with Crippen molar-refractivity contribution in [2.75, 3.05) is 6.54 Å². The van der Waals surface area contributed by atoms with Crippen LogP contribution in [-0.2, 0) is 0 Å². The lowest BCUT2D eigenvalue weighted by Gasteiger charge is -2.24. The second-order valence-corrected chi connectivity index (χ2v) is 6.61. The number of rotatable bonds is 6. The van der Waals surface area contributed by atoms with E-state index in [1.165, 1.54) is 11.3 Å². The third kappa shape index (κ3) is 4.58. The highest BCUT2D eigenvalue weighted by atomic mass is 32.1. The van der Waals surface area contributed by atoms with Crippen LogP contribution < -0.4 is 11.1 Å². The lowest BCUT2D eigenvalue weighted by Crippen LogP contribution is -2.34. The summed E-state index contributed by atoms with van der Waals surface area (Å²) < 4.78 is 0. The Labute approximate surface area is 119 Å². The first-order valence-electron chi connectivity index (χ1n) is 6.82. The van der Waals surface area contributed by atoms with Gasteiger partial charge in [0.1, 0.15) is 10.7 Å². The summed E-state index contributed by atoms with van der Waals surface area (Å²) in [5.74, 6) is 1.48. The van der Waals surface area contributed by atoms with Gasteiger partial charge < -0.3 is 11.1 Å². The highest BCUT2D eigenvalue weighted by Gasteiger charge is 2.19. The van der Waals surface area contributed by atoms with Gasteiger partial charge in [0.25, 0.3) is 5.91 Å². The van der Waals surface area contributed by atoms with Gasteiger partial charge in [0.05, 0.1) is 6.04 Å². The molecule has 19 heavy (non-hydrogen) atoms. The minimum Gasteiger partial charge on any atom is -0.350 e. The first-order chi connectivity index (χ1) is 8.82. The Morgan fingerprint density at radius 1 is 1.32 bits per heavy atom. The summed E-state index contributed by atoms with van der Waals surface area (Å²) in [6.45, 7) is 11.3. The predicted octanol–water partition coefficient (Wildman–Crippen LogP) is 2.82. The average molecular weight is 283 g/mol. The second-order valence-electron chi connectivity index (χ2n) is 5.72. The van der Waals surface area contributed by atoms with Crippen LogP contribution in [0.15, 0.2) is 5.38 Å². The molecule has 5 heteroatoms. The fourth-order valence-electron chi connectivity index (χ4n) is 2.14. The summed E-state index contributed by atoms with van der Waals surface area (Å²) >= 11 is 1.44. The van der Waals surface area contributed by atoms with Crippen LogP contribution in [0.1, 0.15) is 56.2 Å².